The van der Waals surface area contributed by atoms with Gasteiger partial charge in [-0.3, -0.25) is 4.79 Å². The number of β-lactam (4-membered cyclic amide) rings is 1. The van der Waals surface area contributed by atoms with Gasteiger partial charge in [0.25, 0.3) is 0 Å². The molecule has 138 valence electrons. The molecule has 3 atom stereocenters. The van der Waals surface area contributed by atoms with Crippen LogP contribution < -0.4 is 9.64 Å². The van der Waals surface area contributed by atoms with Crippen LogP contribution >= 0.6 is 0 Å². The zero-order chi connectivity index (χ0) is 19.0. The standard InChI is InChI=1S/C19H29NO4Si/c1-13(24-25(6,7)19(2,3)4)17-16(12-21)20(18(17)22)14-8-10-15(23-5)11-9-14/h8-13,16-17H,1-7H3/t13-,16+,17-/m1/s1. The molecule has 6 heteroatoms. The average molecular weight is 364 g/mol. The Morgan fingerprint density at radius 1 is 1.20 bits per heavy atom. The van der Waals surface area contributed by atoms with E-state index in [1.165, 1.54) is 0 Å². The number of rotatable bonds is 6. The first-order chi connectivity index (χ1) is 11.5. The number of nitrogens with zero attached hydrogens (tertiary/aromatic N) is 1. The summed E-state index contributed by atoms with van der Waals surface area (Å²) in [6.07, 6.45) is 0.569. The summed E-state index contributed by atoms with van der Waals surface area (Å²) in [5.74, 6) is 0.229. The topological polar surface area (TPSA) is 55.8 Å². The van der Waals surface area contributed by atoms with Crippen molar-refractivity contribution in [2.24, 2.45) is 5.92 Å². The molecule has 0 aliphatic carbocycles. The van der Waals surface area contributed by atoms with E-state index in [1.54, 1.807) is 36.3 Å². The van der Waals surface area contributed by atoms with Gasteiger partial charge in [-0.25, -0.2) is 0 Å². The highest BCUT2D eigenvalue weighted by molar-refractivity contribution is 6.74. The van der Waals surface area contributed by atoms with Crippen molar-refractivity contribution in [3.8, 4) is 5.75 Å². The molecule has 0 unspecified atom stereocenters. The van der Waals surface area contributed by atoms with Crippen LogP contribution in [0.2, 0.25) is 18.1 Å². The number of carbonyl (C=O) groups excluding carboxylic acids is 2. The summed E-state index contributed by atoms with van der Waals surface area (Å²) in [6.45, 7) is 12.7. The number of hydrogen-bond acceptors (Lipinski definition) is 4. The molecule has 1 aliphatic heterocycles. The molecular weight excluding hydrogens is 334 g/mol. The fourth-order valence-corrected chi connectivity index (χ4v) is 4.34. The van der Waals surface area contributed by atoms with Crippen LogP contribution in [0.5, 0.6) is 5.75 Å². The number of amides is 1. The summed E-state index contributed by atoms with van der Waals surface area (Å²) >= 11 is 0. The number of benzene rings is 1. The Labute approximate surface area is 151 Å². The van der Waals surface area contributed by atoms with Gasteiger partial charge in [0.05, 0.1) is 19.1 Å². The number of ether oxygens (including phenoxy) is 1. The molecule has 0 radical (unpaired) electrons. The summed E-state index contributed by atoms with van der Waals surface area (Å²) in [4.78, 5) is 25.9. The van der Waals surface area contributed by atoms with E-state index in [9.17, 15) is 9.59 Å². The molecule has 25 heavy (non-hydrogen) atoms. The van der Waals surface area contributed by atoms with Gasteiger partial charge in [-0.1, -0.05) is 20.8 Å². The second-order valence-corrected chi connectivity index (χ2v) is 12.9. The highest BCUT2D eigenvalue weighted by Crippen LogP contribution is 2.41. The van der Waals surface area contributed by atoms with Crippen LogP contribution in [0.1, 0.15) is 27.7 Å². The van der Waals surface area contributed by atoms with Crippen molar-refractivity contribution < 1.29 is 18.8 Å². The normalized spacial score (nSPS) is 22.4. The molecule has 2 rings (SSSR count). The second-order valence-electron chi connectivity index (χ2n) is 8.14. The molecule has 0 aromatic heterocycles. The zero-order valence-electron chi connectivity index (χ0n) is 16.2. The van der Waals surface area contributed by atoms with Crippen molar-refractivity contribution in [2.45, 2.75) is 58.0 Å². The van der Waals surface area contributed by atoms with Crippen molar-refractivity contribution in [2.75, 3.05) is 12.0 Å². The van der Waals surface area contributed by atoms with Gasteiger partial charge in [-0.2, -0.15) is 0 Å². The van der Waals surface area contributed by atoms with Crippen molar-refractivity contribution in [1.29, 1.82) is 0 Å². The Kier molecular flexibility index (Phi) is 5.44. The number of carbonyl (C=O) groups is 2. The van der Waals surface area contributed by atoms with E-state index in [4.69, 9.17) is 9.16 Å². The Morgan fingerprint density at radius 2 is 1.76 bits per heavy atom. The quantitative estimate of drug-likeness (QED) is 0.440. The van der Waals surface area contributed by atoms with Crippen molar-refractivity contribution in [1.82, 2.24) is 0 Å². The third-order valence-electron chi connectivity index (χ3n) is 5.47. The zero-order valence-corrected chi connectivity index (χ0v) is 17.2. The summed E-state index contributed by atoms with van der Waals surface area (Å²) in [7, 11) is -0.411. The van der Waals surface area contributed by atoms with E-state index in [-0.39, 0.29) is 17.0 Å². The number of anilines is 1. The number of hydrogen-bond donors (Lipinski definition) is 0. The lowest BCUT2D eigenvalue weighted by Crippen LogP contribution is -2.66. The monoisotopic (exact) mass is 363 g/mol. The lowest BCUT2D eigenvalue weighted by atomic mass is 9.83. The maximum atomic E-state index is 12.7. The van der Waals surface area contributed by atoms with Gasteiger partial charge in [0, 0.05) is 5.69 Å². The molecule has 0 saturated carbocycles. The van der Waals surface area contributed by atoms with Crippen molar-refractivity contribution >= 4 is 26.2 Å². The largest absolute Gasteiger partial charge is 0.497 e. The van der Waals surface area contributed by atoms with Crippen LogP contribution in [0.15, 0.2) is 24.3 Å². The Morgan fingerprint density at radius 3 is 2.20 bits per heavy atom. The lowest BCUT2D eigenvalue weighted by molar-refractivity contribution is -0.138. The third kappa shape index (κ3) is 3.65. The van der Waals surface area contributed by atoms with Gasteiger partial charge in [-0.05, 0) is 49.3 Å². The minimum absolute atomic E-state index is 0.0560. The molecular formula is C19H29NO4Si. The molecule has 0 bridgehead atoms. The van der Waals surface area contributed by atoms with Crippen molar-refractivity contribution in [3.63, 3.8) is 0 Å². The molecule has 1 aromatic rings. The van der Waals surface area contributed by atoms with Gasteiger partial charge in [0.1, 0.15) is 18.1 Å². The van der Waals surface area contributed by atoms with E-state index in [2.05, 4.69) is 33.9 Å². The molecule has 1 saturated heterocycles. The smallest absolute Gasteiger partial charge is 0.235 e. The molecule has 5 nitrogen and oxygen atoms in total. The molecule has 1 aliphatic rings. The van der Waals surface area contributed by atoms with Gasteiger partial charge in [0.15, 0.2) is 8.32 Å². The Bertz CT molecular complexity index is 636. The average Bonchev–Trinajstić information content (AvgIpc) is 2.51. The predicted octanol–water partition coefficient (Wildman–Crippen LogP) is 3.64. The van der Waals surface area contributed by atoms with E-state index in [0.717, 1.165) is 6.29 Å². The van der Waals surface area contributed by atoms with Crippen LogP contribution in [-0.4, -0.2) is 39.8 Å². The lowest BCUT2D eigenvalue weighted by Gasteiger charge is -2.49. The predicted molar refractivity (Wildman–Crippen MR) is 102 cm³/mol. The minimum Gasteiger partial charge on any atom is -0.497 e. The van der Waals surface area contributed by atoms with Crippen LogP contribution in [0.4, 0.5) is 5.69 Å². The summed E-state index contributed by atoms with van der Waals surface area (Å²) < 4.78 is 11.5. The minimum atomic E-state index is -2.00. The molecule has 0 spiro atoms. The van der Waals surface area contributed by atoms with Crippen LogP contribution in [0, 0.1) is 5.92 Å². The number of aldehydes is 1. The van der Waals surface area contributed by atoms with Crippen LogP contribution in [0.25, 0.3) is 0 Å². The Hall–Kier alpha value is -1.66. The molecule has 1 amide bonds. The van der Waals surface area contributed by atoms with Crippen molar-refractivity contribution in [3.05, 3.63) is 24.3 Å². The van der Waals surface area contributed by atoms with Gasteiger partial charge >= 0.3 is 0 Å². The fraction of sp³-hybridized carbons (Fsp3) is 0.579. The van der Waals surface area contributed by atoms with Gasteiger partial charge in [-0.15, -0.1) is 0 Å². The molecule has 1 fully saturated rings. The van der Waals surface area contributed by atoms with E-state index < -0.39 is 20.3 Å². The maximum absolute atomic E-state index is 12.7. The van der Waals surface area contributed by atoms with Gasteiger partial charge in [0.2, 0.25) is 5.91 Å². The second kappa shape index (κ2) is 6.92. The van der Waals surface area contributed by atoms with Gasteiger partial charge < -0.3 is 18.9 Å². The first kappa shape index (κ1) is 19.7. The molecule has 0 N–H and O–H groups in total. The van der Waals surface area contributed by atoms with E-state index in [0.29, 0.717) is 11.4 Å². The number of methoxy groups -OCH3 is 1. The summed E-state index contributed by atoms with van der Waals surface area (Å²) in [5, 5.41) is 0.0560. The molecule has 1 heterocycles. The summed E-state index contributed by atoms with van der Waals surface area (Å²) in [6, 6.07) is 6.67. The summed E-state index contributed by atoms with van der Waals surface area (Å²) in [5.41, 5.74) is 0.707. The highest BCUT2D eigenvalue weighted by Gasteiger charge is 2.53. The third-order valence-corrected chi connectivity index (χ3v) is 10.0. The maximum Gasteiger partial charge on any atom is 0.235 e. The van der Waals surface area contributed by atoms with E-state index >= 15 is 0 Å². The SMILES string of the molecule is COc1ccc(N2C(=O)[C@H]([C@@H](C)O[Si](C)(C)C(C)(C)C)[C@@H]2C=O)cc1. The van der Waals surface area contributed by atoms with Crippen LogP contribution in [-0.2, 0) is 14.0 Å². The van der Waals surface area contributed by atoms with E-state index in [1.807, 2.05) is 6.92 Å². The first-order valence-electron chi connectivity index (χ1n) is 8.63. The highest BCUT2D eigenvalue weighted by atomic mass is 28.4. The Balaban J connectivity index is 2.16. The first-order valence-corrected chi connectivity index (χ1v) is 11.5. The molecule has 1 aromatic carbocycles. The fourth-order valence-electron chi connectivity index (χ4n) is 2.91. The van der Waals surface area contributed by atoms with Crippen LogP contribution in [0.3, 0.4) is 0 Å².